The number of aromatic nitrogens is 4. The van der Waals surface area contributed by atoms with Gasteiger partial charge in [0, 0.05) is 6.54 Å². The lowest BCUT2D eigenvalue weighted by atomic mass is 10.1. The fourth-order valence-electron chi connectivity index (χ4n) is 3.84. The summed E-state index contributed by atoms with van der Waals surface area (Å²) in [6, 6.07) is 0. The molecule has 1 unspecified atom stereocenters. The van der Waals surface area contributed by atoms with Crippen molar-refractivity contribution in [3.05, 3.63) is 12.7 Å². The molecule has 0 aromatic carbocycles. The molecule has 3 N–H and O–H groups in total. The number of methoxy groups -OCH3 is 1. The molecular formula is C25H46N6O5Si2. The molecule has 0 aliphatic carbocycles. The first-order chi connectivity index (χ1) is 17.4. The van der Waals surface area contributed by atoms with E-state index < -0.39 is 41.2 Å². The van der Waals surface area contributed by atoms with Crippen LogP contribution in [-0.2, 0) is 23.1 Å². The van der Waals surface area contributed by atoms with Gasteiger partial charge in [-0.2, -0.15) is 0 Å². The van der Waals surface area contributed by atoms with Gasteiger partial charge in [0.1, 0.15) is 30.2 Å². The van der Waals surface area contributed by atoms with Crippen molar-refractivity contribution in [2.24, 2.45) is 0 Å². The zero-order valence-electron chi connectivity index (χ0n) is 24.8. The van der Waals surface area contributed by atoms with Crippen LogP contribution in [0.2, 0.25) is 36.3 Å². The third-order valence-corrected chi connectivity index (χ3v) is 17.2. The Morgan fingerprint density at radius 2 is 1.61 bits per heavy atom. The minimum Gasteiger partial charge on any atom is -0.468 e. The minimum absolute atomic E-state index is 0.0278. The van der Waals surface area contributed by atoms with Crippen molar-refractivity contribution in [1.29, 1.82) is 0 Å². The number of nitrogens with zero attached hydrogens (tertiary/aromatic N) is 4. The van der Waals surface area contributed by atoms with E-state index in [9.17, 15) is 4.79 Å². The van der Waals surface area contributed by atoms with E-state index in [4.69, 9.17) is 24.1 Å². The molecule has 0 saturated carbocycles. The number of anilines is 1. The number of carbonyl (C=O) groups excluding carboxylic acids is 1. The maximum Gasteiger partial charge on any atom is 0.319 e. The Bertz CT molecular complexity index is 1130. The highest BCUT2D eigenvalue weighted by Crippen LogP contribution is 2.46. The predicted octanol–water partition coefficient (Wildman–Crippen LogP) is 3.85. The Hall–Kier alpha value is -1.91. The second-order valence-electron chi connectivity index (χ2n) is 13.0. The van der Waals surface area contributed by atoms with Crippen LogP contribution in [0.15, 0.2) is 12.7 Å². The number of nitrogens with two attached hydrogens (primary N) is 1. The molecule has 13 heteroatoms. The topological polar surface area (TPSA) is 136 Å². The van der Waals surface area contributed by atoms with Crippen LogP contribution >= 0.6 is 0 Å². The second kappa shape index (κ2) is 10.9. The van der Waals surface area contributed by atoms with E-state index in [0.717, 1.165) is 0 Å². The summed E-state index contributed by atoms with van der Waals surface area (Å²) in [4.78, 5) is 24.8. The van der Waals surface area contributed by atoms with Gasteiger partial charge in [0.2, 0.25) is 0 Å². The molecule has 1 aliphatic rings. The SMILES string of the molecule is COC(=O)CNC[C@H]1O[C@@H](n2cnc3c(N)ncnc32)C(O[Si](C)(C)C(C)(C)C)[C@@H]1O[Si](C)(C)C(C)(C)C. The lowest BCUT2D eigenvalue weighted by Gasteiger charge is -2.44. The van der Waals surface area contributed by atoms with Gasteiger partial charge in [-0.05, 0) is 36.3 Å². The smallest absolute Gasteiger partial charge is 0.319 e. The second-order valence-corrected chi connectivity index (χ2v) is 22.6. The summed E-state index contributed by atoms with van der Waals surface area (Å²) in [6.07, 6.45) is 1.30. The molecule has 1 fully saturated rings. The quantitative estimate of drug-likeness (QED) is 0.340. The number of fused-ring (bicyclic) bond motifs is 1. The van der Waals surface area contributed by atoms with Crippen LogP contribution < -0.4 is 11.1 Å². The molecule has 0 spiro atoms. The number of ether oxygens (including phenoxy) is 2. The fraction of sp³-hybridized carbons (Fsp3) is 0.760. The lowest BCUT2D eigenvalue weighted by molar-refractivity contribution is -0.139. The summed E-state index contributed by atoms with van der Waals surface area (Å²) in [5.74, 6) is -0.0396. The van der Waals surface area contributed by atoms with E-state index in [1.807, 2.05) is 4.57 Å². The molecule has 11 nitrogen and oxygen atoms in total. The molecular weight excluding hydrogens is 520 g/mol. The third kappa shape index (κ3) is 6.28. The summed E-state index contributed by atoms with van der Waals surface area (Å²) in [7, 11) is -3.16. The molecule has 38 heavy (non-hydrogen) atoms. The van der Waals surface area contributed by atoms with E-state index in [-0.39, 0.29) is 22.6 Å². The molecule has 2 aromatic heterocycles. The number of nitrogens with one attached hydrogen (secondary N) is 1. The zero-order chi connectivity index (χ0) is 28.7. The monoisotopic (exact) mass is 566 g/mol. The molecule has 2 aromatic rings. The molecule has 0 amide bonds. The number of hydrogen-bond acceptors (Lipinski definition) is 10. The molecule has 214 valence electrons. The number of nitrogen functional groups attached to an aromatic ring is 1. The molecule has 3 heterocycles. The molecule has 1 aliphatic heterocycles. The highest BCUT2D eigenvalue weighted by molar-refractivity contribution is 6.74. The van der Waals surface area contributed by atoms with Gasteiger partial charge < -0.3 is 29.4 Å². The first kappa shape index (κ1) is 30.6. The van der Waals surface area contributed by atoms with Gasteiger partial charge in [-0.3, -0.25) is 9.36 Å². The predicted molar refractivity (Wildman–Crippen MR) is 153 cm³/mol. The van der Waals surface area contributed by atoms with Gasteiger partial charge in [-0.15, -0.1) is 0 Å². The third-order valence-electron chi connectivity index (χ3n) is 8.26. The fourth-order valence-corrected chi connectivity index (χ4v) is 6.45. The largest absolute Gasteiger partial charge is 0.468 e. The summed E-state index contributed by atoms with van der Waals surface area (Å²) in [5.41, 5.74) is 7.17. The van der Waals surface area contributed by atoms with Gasteiger partial charge >= 0.3 is 5.97 Å². The van der Waals surface area contributed by atoms with Gasteiger partial charge in [-0.1, -0.05) is 41.5 Å². The van der Waals surface area contributed by atoms with Crippen molar-refractivity contribution in [3.63, 3.8) is 0 Å². The molecule has 3 rings (SSSR count). The number of imidazole rings is 1. The van der Waals surface area contributed by atoms with E-state index in [1.54, 1.807) is 6.33 Å². The molecule has 0 bridgehead atoms. The summed E-state index contributed by atoms with van der Waals surface area (Å²) in [5, 5.41) is 3.11. The van der Waals surface area contributed by atoms with Crippen LogP contribution in [0.1, 0.15) is 47.8 Å². The summed E-state index contributed by atoms with van der Waals surface area (Å²) >= 11 is 0. The number of hydrogen-bond donors (Lipinski definition) is 2. The van der Waals surface area contributed by atoms with Gasteiger partial charge in [0.15, 0.2) is 34.3 Å². The standard InChI is InChI=1S/C25H46N6O5Si2/c1-24(2,3)37(8,9)35-19-16(12-27-13-17(32)33-7)34-23(20(19)36-38(10,11)25(4,5)6)31-15-30-18-21(26)28-14-29-22(18)31/h14-16,19-20,23,27H,12-13H2,1-11H3,(H2,26,28,29)/t16-,19-,20?,23-/m1/s1. The highest BCUT2D eigenvalue weighted by Gasteiger charge is 2.54. The minimum atomic E-state index is -2.28. The average Bonchev–Trinajstić information content (AvgIpc) is 3.34. The van der Waals surface area contributed by atoms with Gasteiger partial charge in [-0.25, -0.2) is 15.0 Å². The van der Waals surface area contributed by atoms with E-state index in [0.29, 0.717) is 23.5 Å². The van der Waals surface area contributed by atoms with Crippen LogP contribution in [0.3, 0.4) is 0 Å². The van der Waals surface area contributed by atoms with E-state index in [1.165, 1.54) is 13.4 Å². The Morgan fingerprint density at radius 1 is 1.03 bits per heavy atom. The normalized spacial score (nSPS) is 23.2. The Labute approximate surface area is 228 Å². The average molecular weight is 567 g/mol. The van der Waals surface area contributed by atoms with Crippen molar-refractivity contribution in [3.8, 4) is 0 Å². The first-order valence-electron chi connectivity index (χ1n) is 13.1. The number of esters is 1. The van der Waals surface area contributed by atoms with Crippen LogP contribution in [0, 0.1) is 0 Å². The Kier molecular flexibility index (Phi) is 8.81. The van der Waals surface area contributed by atoms with E-state index >= 15 is 0 Å². The van der Waals surface area contributed by atoms with Crippen LogP contribution in [0.5, 0.6) is 0 Å². The van der Waals surface area contributed by atoms with Crippen LogP contribution in [0.4, 0.5) is 5.82 Å². The van der Waals surface area contributed by atoms with Crippen molar-refractivity contribution in [2.75, 3.05) is 25.9 Å². The maximum absolute atomic E-state index is 11.8. The molecule has 0 radical (unpaired) electrons. The van der Waals surface area contributed by atoms with Crippen molar-refractivity contribution >= 4 is 39.6 Å². The van der Waals surface area contributed by atoms with Gasteiger partial charge in [0.05, 0.1) is 20.0 Å². The van der Waals surface area contributed by atoms with E-state index in [2.05, 4.69) is 88.0 Å². The van der Waals surface area contributed by atoms with Crippen LogP contribution in [-0.4, -0.2) is 80.6 Å². The van der Waals surface area contributed by atoms with Crippen molar-refractivity contribution in [2.45, 2.75) is 102 Å². The maximum atomic E-state index is 11.8. The van der Waals surface area contributed by atoms with Crippen molar-refractivity contribution < 1.29 is 23.1 Å². The summed E-state index contributed by atoms with van der Waals surface area (Å²) < 4.78 is 27.5. The Balaban J connectivity index is 2.10. The zero-order valence-corrected chi connectivity index (χ0v) is 26.8. The van der Waals surface area contributed by atoms with Crippen molar-refractivity contribution in [1.82, 2.24) is 24.8 Å². The van der Waals surface area contributed by atoms with Gasteiger partial charge in [0.25, 0.3) is 0 Å². The number of rotatable bonds is 9. The Morgan fingerprint density at radius 3 is 2.16 bits per heavy atom. The van der Waals surface area contributed by atoms with Crippen LogP contribution in [0.25, 0.3) is 11.2 Å². The lowest BCUT2D eigenvalue weighted by Crippen LogP contribution is -2.54. The molecule has 4 atom stereocenters. The highest BCUT2D eigenvalue weighted by atomic mass is 28.4. The summed E-state index contributed by atoms with van der Waals surface area (Å²) in [6.45, 7) is 22.6. The number of carbonyl (C=O) groups is 1. The first-order valence-corrected chi connectivity index (χ1v) is 18.9. The molecule has 1 saturated heterocycles.